The predicted octanol–water partition coefficient (Wildman–Crippen LogP) is 3.80. The highest BCUT2D eigenvalue weighted by molar-refractivity contribution is 5.78. The number of alkyl carbamates (subject to hydrolysis) is 1. The summed E-state index contributed by atoms with van der Waals surface area (Å²) in [5, 5.41) is 5.56. The van der Waals surface area contributed by atoms with Crippen LogP contribution in [0, 0.1) is 0 Å². The number of carbonyl (C=O) groups is 1. The number of hydrogen-bond donors (Lipinski definition) is 3. The third-order valence-electron chi connectivity index (χ3n) is 3.69. The maximum absolute atomic E-state index is 11.8. The Hall–Kier alpha value is -3.00. The van der Waals surface area contributed by atoms with E-state index in [-0.39, 0.29) is 12.4 Å². The number of ether oxygens (including phenoxy) is 3. The highest BCUT2D eigenvalue weighted by Gasteiger charge is 2.16. The van der Waals surface area contributed by atoms with Crippen molar-refractivity contribution in [1.82, 2.24) is 10.6 Å². The van der Waals surface area contributed by atoms with Crippen molar-refractivity contribution in [2.24, 2.45) is 10.7 Å². The van der Waals surface area contributed by atoms with E-state index in [9.17, 15) is 4.79 Å². The second kappa shape index (κ2) is 14.1. The minimum atomic E-state index is -0.635. The van der Waals surface area contributed by atoms with Crippen LogP contribution in [0.1, 0.15) is 46.1 Å². The SMILES string of the molecule is C=C(/N=C\C(OCCOCc1ccccc1)=C(/N)NCCCC)NC(=O)OC(C)(C)C. The van der Waals surface area contributed by atoms with Crippen molar-refractivity contribution in [3.05, 3.63) is 59.9 Å². The molecule has 4 N–H and O–H groups in total. The number of nitrogens with two attached hydrogens (primary N) is 1. The molecule has 0 atom stereocenters. The normalized spacial score (nSPS) is 12.3. The summed E-state index contributed by atoms with van der Waals surface area (Å²) in [5.41, 5.74) is 6.58. The molecular formula is C23H36N4O4. The Morgan fingerprint density at radius 2 is 1.94 bits per heavy atom. The zero-order chi connectivity index (χ0) is 23.1. The Balaban J connectivity index is 2.60. The molecule has 0 bridgehead atoms. The minimum absolute atomic E-state index is 0.108. The van der Waals surface area contributed by atoms with E-state index in [4.69, 9.17) is 19.9 Å². The van der Waals surface area contributed by atoms with Crippen molar-refractivity contribution in [3.8, 4) is 0 Å². The molecule has 0 saturated carbocycles. The smallest absolute Gasteiger partial charge is 0.413 e. The second-order valence-electron chi connectivity index (χ2n) is 7.78. The van der Waals surface area contributed by atoms with E-state index < -0.39 is 11.7 Å². The van der Waals surface area contributed by atoms with Gasteiger partial charge < -0.3 is 25.3 Å². The van der Waals surface area contributed by atoms with Gasteiger partial charge in [-0.25, -0.2) is 9.79 Å². The van der Waals surface area contributed by atoms with Gasteiger partial charge in [-0.2, -0.15) is 0 Å². The summed E-state index contributed by atoms with van der Waals surface area (Å²) in [4.78, 5) is 15.9. The van der Waals surface area contributed by atoms with Crippen LogP contribution in [-0.4, -0.2) is 37.7 Å². The number of aliphatic imine (C=N–C) groups is 1. The summed E-state index contributed by atoms with van der Waals surface area (Å²) in [6, 6.07) is 9.89. The molecule has 0 aromatic heterocycles. The van der Waals surface area contributed by atoms with Crippen LogP contribution >= 0.6 is 0 Å². The van der Waals surface area contributed by atoms with Gasteiger partial charge in [-0.15, -0.1) is 0 Å². The Kier molecular flexibility index (Phi) is 11.8. The van der Waals surface area contributed by atoms with Gasteiger partial charge in [0.15, 0.2) is 5.76 Å². The third kappa shape index (κ3) is 13.0. The van der Waals surface area contributed by atoms with Gasteiger partial charge in [0.1, 0.15) is 23.8 Å². The van der Waals surface area contributed by atoms with Gasteiger partial charge in [0.2, 0.25) is 0 Å². The Labute approximate surface area is 185 Å². The molecule has 31 heavy (non-hydrogen) atoms. The molecular weight excluding hydrogens is 396 g/mol. The number of rotatable bonds is 13. The van der Waals surface area contributed by atoms with E-state index in [2.05, 4.69) is 29.1 Å². The lowest BCUT2D eigenvalue weighted by Crippen LogP contribution is -2.31. The van der Waals surface area contributed by atoms with Gasteiger partial charge in [0, 0.05) is 6.54 Å². The third-order valence-corrected chi connectivity index (χ3v) is 3.69. The zero-order valence-electron chi connectivity index (χ0n) is 19.1. The molecule has 1 aromatic carbocycles. The molecule has 0 aliphatic carbocycles. The fraction of sp³-hybridized carbons (Fsp3) is 0.478. The molecule has 0 spiro atoms. The molecule has 172 valence electrons. The maximum Gasteiger partial charge on any atom is 0.413 e. The molecule has 0 saturated heterocycles. The van der Waals surface area contributed by atoms with Gasteiger partial charge in [0.25, 0.3) is 0 Å². The van der Waals surface area contributed by atoms with Crippen LogP contribution in [-0.2, 0) is 20.8 Å². The quantitative estimate of drug-likeness (QED) is 0.249. The van der Waals surface area contributed by atoms with Crippen LogP contribution in [0.2, 0.25) is 0 Å². The molecule has 0 radical (unpaired) electrons. The largest absolute Gasteiger partial charge is 0.486 e. The number of nitrogens with one attached hydrogen (secondary N) is 2. The summed E-state index contributed by atoms with van der Waals surface area (Å²) in [5.74, 6) is 0.800. The van der Waals surface area contributed by atoms with E-state index in [0.717, 1.165) is 18.4 Å². The predicted molar refractivity (Wildman–Crippen MR) is 123 cm³/mol. The molecule has 0 unspecified atom stereocenters. The number of nitrogens with zero attached hydrogens (tertiary/aromatic N) is 1. The summed E-state index contributed by atoms with van der Waals surface area (Å²) >= 11 is 0. The average Bonchev–Trinajstić information content (AvgIpc) is 2.69. The van der Waals surface area contributed by atoms with E-state index in [1.165, 1.54) is 6.21 Å². The summed E-state index contributed by atoms with van der Waals surface area (Å²) in [6.07, 6.45) is 2.78. The Morgan fingerprint density at radius 3 is 2.58 bits per heavy atom. The van der Waals surface area contributed by atoms with Crippen molar-refractivity contribution in [1.29, 1.82) is 0 Å². The van der Waals surface area contributed by atoms with Gasteiger partial charge in [0.05, 0.1) is 19.4 Å². The fourth-order valence-corrected chi connectivity index (χ4v) is 2.24. The molecule has 1 aromatic rings. The van der Waals surface area contributed by atoms with Gasteiger partial charge in [-0.05, 0) is 32.8 Å². The van der Waals surface area contributed by atoms with Crippen LogP contribution in [0.25, 0.3) is 0 Å². The van der Waals surface area contributed by atoms with Gasteiger partial charge in [-0.1, -0.05) is 50.3 Å². The van der Waals surface area contributed by atoms with E-state index in [1.807, 2.05) is 30.3 Å². The molecule has 1 amide bonds. The van der Waals surface area contributed by atoms with Crippen molar-refractivity contribution < 1.29 is 19.0 Å². The van der Waals surface area contributed by atoms with Gasteiger partial charge >= 0.3 is 6.09 Å². The lowest BCUT2D eigenvalue weighted by molar-refractivity contribution is 0.0545. The Morgan fingerprint density at radius 1 is 1.23 bits per heavy atom. The van der Waals surface area contributed by atoms with Crippen LogP contribution < -0.4 is 16.4 Å². The summed E-state index contributed by atoms with van der Waals surface area (Å²) < 4.78 is 16.5. The monoisotopic (exact) mass is 432 g/mol. The number of allylic oxidation sites excluding steroid dienone is 1. The van der Waals surface area contributed by atoms with Crippen molar-refractivity contribution in [2.45, 2.75) is 52.7 Å². The van der Waals surface area contributed by atoms with Crippen molar-refractivity contribution in [3.63, 3.8) is 0 Å². The van der Waals surface area contributed by atoms with Crippen molar-refractivity contribution in [2.75, 3.05) is 19.8 Å². The van der Waals surface area contributed by atoms with Crippen LogP contribution in [0.5, 0.6) is 0 Å². The highest BCUT2D eigenvalue weighted by atomic mass is 16.6. The lowest BCUT2D eigenvalue weighted by atomic mass is 10.2. The van der Waals surface area contributed by atoms with Crippen LogP contribution in [0.15, 0.2) is 59.3 Å². The molecule has 8 nitrogen and oxygen atoms in total. The number of hydrogen-bond acceptors (Lipinski definition) is 7. The number of carbonyl (C=O) groups excluding carboxylic acids is 1. The van der Waals surface area contributed by atoms with Crippen molar-refractivity contribution >= 4 is 12.3 Å². The average molecular weight is 433 g/mol. The lowest BCUT2D eigenvalue weighted by Gasteiger charge is -2.19. The number of benzene rings is 1. The highest BCUT2D eigenvalue weighted by Crippen LogP contribution is 2.07. The first-order valence-corrected chi connectivity index (χ1v) is 10.4. The van der Waals surface area contributed by atoms with Crippen LogP contribution in [0.3, 0.4) is 0 Å². The molecule has 0 aliphatic heterocycles. The topological polar surface area (TPSA) is 107 Å². The molecule has 0 aliphatic rings. The standard InChI is InChI=1S/C23H36N4O4/c1-6-7-13-25-21(24)20(16-26-18(2)27-22(28)31-23(3,4)5)30-15-14-29-17-19-11-9-8-10-12-19/h8-12,16,25H,2,6-7,13-15,17,24H2,1,3-5H3,(H,27,28)/b21-20-,26-16-. The Bertz CT molecular complexity index is 740. The number of unbranched alkanes of at least 4 members (excludes halogenated alkanes) is 1. The first kappa shape index (κ1) is 26.0. The molecule has 1 rings (SSSR count). The van der Waals surface area contributed by atoms with Crippen LogP contribution in [0.4, 0.5) is 4.79 Å². The first-order chi connectivity index (χ1) is 14.7. The fourth-order valence-electron chi connectivity index (χ4n) is 2.24. The number of amides is 1. The van der Waals surface area contributed by atoms with E-state index >= 15 is 0 Å². The van der Waals surface area contributed by atoms with E-state index in [1.54, 1.807) is 20.8 Å². The second-order valence-corrected chi connectivity index (χ2v) is 7.78. The maximum atomic E-state index is 11.8. The molecule has 8 heteroatoms. The molecule has 0 heterocycles. The zero-order valence-corrected chi connectivity index (χ0v) is 19.1. The van der Waals surface area contributed by atoms with Gasteiger partial charge in [-0.3, -0.25) is 5.32 Å². The first-order valence-electron chi connectivity index (χ1n) is 10.4. The summed E-state index contributed by atoms with van der Waals surface area (Å²) in [7, 11) is 0. The van der Waals surface area contributed by atoms with E-state index in [0.29, 0.717) is 31.3 Å². The summed E-state index contributed by atoms with van der Waals surface area (Å²) in [6.45, 7) is 13.0. The molecule has 0 fully saturated rings. The minimum Gasteiger partial charge on any atom is -0.486 e.